The van der Waals surface area contributed by atoms with Gasteiger partial charge in [-0.3, -0.25) is 0 Å². The summed E-state index contributed by atoms with van der Waals surface area (Å²) in [6.07, 6.45) is 0.285. The Labute approximate surface area is 168 Å². The van der Waals surface area contributed by atoms with Crippen molar-refractivity contribution in [1.29, 1.82) is 10.5 Å². The Morgan fingerprint density at radius 2 is 1.86 bits per heavy atom. The number of phenols is 1. The van der Waals surface area contributed by atoms with E-state index in [0.29, 0.717) is 6.54 Å². The molecule has 0 aliphatic carbocycles. The van der Waals surface area contributed by atoms with Crippen LogP contribution in [0.1, 0.15) is 17.5 Å². The van der Waals surface area contributed by atoms with Crippen LogP contribution in [0.5, 0.6) is 5.75 Å². The van der Waals surface area contributed by atoms with Crippen molar-refractivity contribution in [3.8, 4) is 17.9 Å². The number of halogens is 2. The lowest BCUT2D eigenvalue weighted by molar-refractivity contribution is -0.000510. The molecule has 2 aromatic carbocycles. The molecule has 29 heavy (non-hydrogen) atoms. The molecule has 3 N–H and O–H groups in total. The standard InChI is InChI=1S/C12H13FN2O3S.C7H4FNO/c13-10-5-9(6-14)1-2-11(10)19(18)15-4-3-12(17,7-15)8-16;8-7-3-6(10)2-1-5(7)4-9/h1-2,5,16-17H,3-4,7-8H2;1-3,10H. The number of aromatic hydroxyl groups is 1. The molecule has 152 valence electrons. The van der Waals surface area contributed by atoms with Crippen LogP contribution in [0.15, 0.2) is 41.3 Å². The fraction of sp³-hybridized carbons (Fsp3) is 0.263. The van der Waals surface area contributed by atoms with Crippen LogP contribution in [0.25, 0.3) is 0 Å². The Bertz CT molecular complexity index is 1010. The van der Waals surface area contributed by atoms with Gasteiger partial charge < -0.3 is 15.3 Å². The van der Waals surface area contributed by atoms with Gasteiger partial charge in [0.1, 0.15) is 40.0 Å². The summed E-state index contributed by atoms with van der Waals surface area (Å²) in [4.78, 5) is -0.0267. The van der Waals surface area contributed by atoms with Crippen molar-refractivity contribution in [3.05, 3.63) is 59.2 Å². The van der Waals surface area contributed by atoms with E-state index in [2.05, 4.69) is 0 Å². The van der Waals surface area contributed by atoms with Crippen LogP contribution >= 0.6 is 0 Å². The van der Waals surface area contributed by atoms with Crippen LogP contribution in [-0.4, -0.2) is 49.1 Å². The maximum absolute atomic E-state index is 13.7. The molecule has 1 aliphatic rings. The van der Waals surface area contributed by atoms with Crippen LogP contribution in [-0.2, 0) is 11.0 Å². The van der Waals surface area contributed by atoms with Crippen molar-refractivity contribution >= 4 is 11.0 Å². The lowest BCUT2D eigenvalue weighted by Crippen LogP contribution is -2.37. The van der Waals surface area contributed by atoms with Crippen molar-refractivity contribution in [2.75, 3.05) is 19.7 Å². The third-order valence-electron chi connectivity index (χ3n) is 4.15. The Morgan fingerprint density at radius 1 is 1.14 bits per heavy atom. The van der Waals surface area contributed by atoms with Gasteiger partial charge in [0, 0.05) is 19.2 Å². The first-order chi connectivity index (χ1) is 13.7. The third kappa shape index (κ3) is 5.56. The number of hydrogen-bond acceptors (Lipinski definition) is 6. The van der Waals surface area contributed by atoms with E-state index in [4.69, 9.17) is 20.7 Å². The largest absolute Gasteiger partial charge is 0.508 e. The van der Waals surface area contributed by atoms with E-state index >= 15 is 0 Å². The van der Waals surface area contributed by atoms with Crippen LogP contribution in [0.2, 0.25) is 0 Å². The monoisotopic (exact) mass is 421 g/mol. The van der Waals surface area contributed by atoms with Crippen LogP contribution in [0, 0.1) is 34.3 Å². The van der Waals surface area contributed by atoms with Crippen LogP contribution < -0.4 is 0 Å². The molecule has 0 saturated carbocycles. The summed E-state index contributed by atoms with van der Waals surface area (Å²) < 4.78 is 39.8. The van der Waals surface area contributed by atoms with Gasteiger partial charge in [-0.25, -0.2) is 17.3 Å². The molecular formula is C19H17F2N3O4S. The maximum Gasteiger partial charge on any atom is 0.144 e. The van der Waals surface area contributed by atoms with Gasteiger partial charge >= 0.3 is 0 Å². The molecule has 0 bridgehead atoms. The highest BCUT2D eigenvalue weighted by Gasteiger charge is 2.38. The van der Waals surface area contributed by atoms with Crippen LogP contribution in [0.3, 0.4) is 0 Å². The minimum absolute atomic E-state index is 0.0234. The summed E-state index contributed by atoms with van der Waals surface area (Å²) in [5, 5.41) is 44.4. The molecule has 0 radical (unpaired) electrons. The third-order valence-corrected chi connectivity index (χ3v) is 5.64. The lowest BCUT2D eigenvalue weighted by Gasteiger charge is -2.20. The minimum atomic E-state index is -1.75. The number of phenolic OH excluding ortho intramolecular Hbond substituents is 1. The number of hydrogen-bond donors (Lipinski definition) is 3. The molecule has 1 fully saturated rings. The summed E-state index contributed by atoms with van der Waals surface area (Å²) >= 11 is 0. The molecule has 1 aliphatic heterocycles. The molecule has 3 rings (SSSR count). The van der Waals surface area contributed by atoms with E-state index in [1.165, 1.54) is 28.6 Å². The number of benzene rings is 2. The zero-order valence-electron chi connectivity index (χ0n) is 15.0. The smallest absolute Gasteiger partial charge is 0.144 e. The molecule has 7 nitrogen and oxygen atoms in total. The van der Waals surface area contributed by atoms with Gasteiger partial charge in [0.15, 0.2) is 0 Å². The van der Waals surface area contributed by atoms with E-state index in [-0.39, 0.29) is 34.7 Å². The van der Waals surface area contributed by atoms with Gasteiger partial charge in [0.25, 0.3) is 0 Å². The van der Waals surface area contributed by atoms with E-state index in [0.717, 1.165) is 12.1 Å². The predicted molar refractivity (Wildman–Crippen MR) is 98.5 cm³/mol. The van der Waals surface area contributed by atoms with E-state index in [1.54, 1.807) is 12.1 Å². The quantitative estimate of drug-likeness (QED) is 0.690. The zero-order valence-corrected chi connectivity index (χ0v) is 15.9. The highest BCUT2D eigenvalue weighted by molar-refractivity contribution is 7.82. The Morgan fingerprint density at radius 3 is 2.38 bits per heavy atom. The Hall–Kier alpha value is -2.89. The molecule has 10 heteroatoms. The number of aliphatic hydroxyl groups is 2. The second-order valence-electron chi connectivity index (χ2n) is 6.28. The molecule has 0 aromatic heterocycles. The molecule has 2 unspecified atom stereocenters. The van der Waals surface area contributed by atoms with Crippen molar-refractivity contribution in [3.63, 3.8) is 0 Å². The lowest BCUT2D eigenvalue weighted by atomic mass is 10.1. The molecule has 2 aromatic rings. The normalized spacial score (nSPS) is 19.5. The van der Waals surface area contributed by atoms with Gasteiger partial charge in [0.05, 0.1) is 28.7 Å². The first kappa shape index (κ1) is 22.4. The predicted octanol–water partition coefficient (Wildman–Crippen LogP) is 1.55. The second kappa shape index (κ2) is 9.54. The van der Waals surface area contributed by atoms with Gasteiger partial charge in [-0.1, -0.05) is 0 Å². The number of nitrogens with zero attached hydrogens (tertiary/aromatic N) is 3. The topological polar surface area (TPSA) is 129 Å². The van der Waals surface area contributed by atoms with Crippen molar-refractivity contribution in [2.24, 2.45) is 0 Å². The molecular weight excluding hydrogens is 404 g/mol. The van der Waals surface area contributed by atoms with Gasteiger partial charge in [-0.05, 0) is 36.8 Å². The van der Waals surface area contributed by atoms with E-state index in [9.17, 15) is 18.1 Å². The highest BCUT2D eigenvalue weighted by Crippen LogP contribution is 2.26. The van der Waals surface area contributed by atoms with Gasteiger partial charge in [-0.2, -0.15) is 10.5 Å². The van der Waals surface area contributed by atoms with E-state index in [1.807, 2.05) is 0 Å². The molecule has 0 amide bonds. The highest BCUT2D eigenvalue weighted by atomic mass is 32.2. The molecule has 0 spiro atoms. The number of aliphatic hydroxyl groups excluding tert-OH is 1. The average molecular weight is 421 g/mol. The van der Waals surface area contributed by atoms with E-state index < -0.39 is 34.8 Å². The Balaban J connectivity index is 0.000000253. The number of β-amino-alcohol motifs (C(OH)–C–C–N with tert-alkyl or cyclic N) is 1. The summed E-state index contributed by atoms with van der Waals surface area (Å²) in [7, 11) is -1.75. The second-order valence-corrected chi connectivity index (χ2v) is 7.73. The SMILES string of the molecule is N#Cc1ccc(O)cc1F.N#Cc1ccc(S(=O)N2CCC(O)(CO)C2)c(F)c1. The average Bonchev–Trinajstić information content (AvgIpc) is 3.11. The summed E-state index contributed by atoms with van der Waals surface area (Å²) in [5.74, 6) is -1.57. The minimum Gasteiger partial charge on any atom is -0.508 e. The fourth-order valence-corrected chi connectivity index (χ4v) is 3.84. The van der Waals surface area contributed by atoms with Crippen LogP contribution in [0.4, 0.5) is 8.78 Å². The molecule has 1 saturated heterocycles. The fourth-order valence-electron chi connectivity index (χ4n) is 2.54. The first-order valence-electron chi connectivity index (χ1n) is 8.31. The summed E-state index contributed by atoms with van der Waals surface area (Å²) in [6, 6.07) is 10.6. The summed E-state index contributed by atoms with van der Waals surface area (Å²) in [6.45, 7) is -0.0881. The number of nitriles is 2. The van der Waals surface area contributed by atoms with Gasteiger partial charge in [0.2, 0.25) is 0 Å². The van der Waals surface area contributed by atoms with Crippen molar-refractivity contribution in [2.45, 2.75) is 16.9 Å². The number of rotatable bonds is 3. The zero-order chi connectivity index (χ0) is 21.6. The Kier molecular flexibility index (Phi) is 7.37. The first-order valence-corrected chi connectivity index (χ1v) is 9.42. The molecule has 1 heterocycles. The van der Waals surface area contributed by atoms with Crippen molar-refractivity contribution < 1.29 is 28.3 Å². The maximum atomic E-state index is 13.7. The van der Waals surface area contributed by atoms with Crippen molar-refractivity contribution in [1.82, 2.24) is 4.31 Å². The van der Waals surface area contributed by atoms with Gasteiger partial charge in [-0.15, -0.1) is 0 Å². The molecule has 2 atom stereocenters. The summed E-state index contributed by atoms with van der Waals surface area (Å²) in [5.41, 5.74) is -1.18.